The van der Waals surface area contributed by atoms with Crippen molar-refractivity contribution in [2.45, 2.75) is 38.1 Å². The van der Waals surface area contributed by atoms with E-state index in [-0.39, 0.29) is 5.75 Å². The molecule has 0 spiro atoms. The van der Waals surface area contributed by atoms with Crippen LogP contribution in [0.2, 0.25) is 0 Å². The van der Waals surface area contributed by atoms with Crippen LogP contribution in [-0.2, 0) is 0 Å². The molecule has 0 aromatic heterocycles. The summed E-state index contributed by atoms with van der Waals surface area (Å²) in [5, 5.41) is 12.3. The van der Waals surface area contributed by atoms with E-state index in [9.17, 15) is 4.39 Å². The van der Waals surface area contributed by atoms with Crippen LogP contribution in [0.4, 0.5) is 10.1 Å². The van der Waals surface area contributed by atoms with Gasteiger partial charge in [-0.1, -0.05) is 19.3 Å². The summed E-state index contributed by atoms with van der Waals surface area (Å²) in [4.78, 5) is 0. The minimum Gasteiger partial charge on any atom is -0.505 e. The van der Waals surface area contributed by atoms with Crippen LogP contribution in [0.1, 0.15) is 32.1 Å². The third-order valence-corrected chi connectivity index (χ3v) is 2.92. The van der Waals surface area contributed by atoms with Gasteiger partial charge in [0, 0.05) is 17.8 Å². The number of anilines is 1. The van der Waals surface area contributed by atoms with E-state index in [0.29, 0.717) is 6.04 Å². The van der Waals surface area contributed by atoms with Gasteiger partial charge in [0.15, 0.2) is 11.6 Å². The zero-order valence-corrected chi connectivity index (χ0v) is 8.67. The summed E-state index contributed by atoms with van der Waals surface area (Å²) in [6.45, 7) is 0. The van der Waals surface area contributed by atoms with Crippen molar-refractivity contribution in [3.63, 3.8) is 0 Å². The second-order valence-corrected chi connectivity index (χ2v) is 4.15. The van der Waals surface area contributed by atoms with Crippen molar-refractivity contribution in [3.05, 3.63) is 24.0 Å². The lowest BCUT2D eigenvalue weighted by Crippen LogP contribution is -2.22. The Morgan fingerprint density at radius 1 is 1.20 bits per heavy atom. The Morgan fingerprint density at radius 2 is 1.93 bits per heavy atom. The fraction of sp³-hybridized carbons (Fsp3) is 0.500. The van der Waals surface area contributed by atoms with Crippen molar-refractivity contribution in [3.8, 4) is 5.75 Å². The van der Waals surface area contributed by atoms with Crippen LogP contribution in [-0.4, -0.2) is 11.1 Å². The van der Waals surface area contributed by atoms with Crippen LogP contribution >= 0.6 is 0 Å². The van der Waals surface area contributed by atoms with Gasteiger partial charge in [0.05, 0.1) is 0 Å². The topological polar surface area (TPSA) is 32.3 Å². The van der Waals surface area contributed by atoms with Crippen molar-refractivity contribution < 1.29 is 9.50 Å². The van der Waals surface area contributed by atoms with Gasteiger partial charge in [-0.15, -0.1) is 0 Å². The molecule has 3 heteroatoms. The van der Waals surface area contributed by atoms with E-state index in [2.05, 4.69) is 5.32 Å². The van der Waals surface area contributed by atoms with Gasteiger partial charge in [-0.25, -0.2) is 4.39 Å². The van der Waals surface area contributed by atoms with Gasteiger partial charge < -0.3 is 10.4 Å². The third-order valence-electron chi connectivity index (χ3n) is 2.92. The standard InChI is InChI=1S/C12H16FNO/c13-11-8-10(6-7-12(11)15)14-9-4-2-1-3-5-9/h6-9,14-15H,1-5H2. The molecule has 1 aliphatic carbocycles. The smallest absolute Gasteiger partial charge is 0.166 e. The van der Waals surface area contributed by atoms with Gasteiger partial charge in [0.25, 0.3) is 0 Å². The van der Waals surface area contributed by atoms with E-state index < -0.39 is 5.82 Å². The third kappa shape index (κ3) is 2.61. The van der Waals surface area contributed by atoms with Crippen LogP contribution in [0.5, 0.6) is 5.75 Å². The van der Waals surface area contributed by atoms with E-state index >= 15 is 0 Å². The maximum atomic E-state index is 13.0. The second kappa shape index (κ2) is 4.51. The van der Waals surface area contributed by atoms with Crippen LogP contribution in [0.3, 0.4) is 0 Å². The van der Waals surface area contributed by atoms with Gasteiger partial charge in [0.1, 0.15) is 0 Å². The van der Waals surface area contributed by atoms with Gasteiger partial charge >= 0.3 is 0 Å². The van der Waals surface area contributed by atoms with E-state index in [1.165, 1.54) is 31.4 Å². The Bertz CT molecular complexity index is 334. The number of hydrogen-bond acceptors (Lipinski definition) is 2. The number of hydrogen-bond donors (Lipinski definition) is 2. The maximum absolute atomic E-state index is 13.0. The number of phenols is 1. The maximum Gasteiger partial charge on any atom is 0.166 e. The largest absolute Gasteiger partial charge is 0.505 e. The van der Waals surface area contributed by atoms with Crippen molar-refractivity contribution in [1.29, 1.82) is 0 Å². The lowest BCUT2D eigenvalue weighted by molar-refractivity contribution is 0.432. The lowest BCUT2D eigenvalue weighted by Gasteiger charge is -2.23. The molecule has 0 aliphatic heterocycles. The molecule has 1 aromatic carbocycles. The normalized spacial score (nSPS) is 17.7. The highest BCUT2D eigenvalue weighted by Crippen LogP contribution is 2.24. The Labute approximate surface area is 89.1 Å². The van der Waals surface area contributed by atoms with E-state index in [0.717, 1.165) is 18.5 Å². The number of halogens is 1. The molecule has 0 radical (unpaired) electrons. The molecule has 0 heterocycles. The van der Waals surface area contributed by atoms with Crippen molar-refractivity contribution in [2.75, 3.05) is 5.32 Å². The molecule has 15 heavy (non-hydrogen) atoms. The fourth-order valence-electron chi connectivity index (χ4n) is 2.08. The molecule has 1 saturated carbocycles. The Morgan fingerprint density at radius 3 is 2.60 bits per heavy atom. The van der Waals surface area contributed by atoms with Crippen molar-refractivity contribution in [2.24, 2.45) is 0 Å². The monoisotopic (exact) mass is 209 g/mol. The highest BCUT2D eigenvalue weighted by atomic mass is 19.1. The number of aromatic hydroxyl groups is 1. The first-order valence-corrected chi connectivity index (χ1v) is 5.51. The predicted molar refractivity (Wildman–Crippen MR) is 58.6 cm³/mol. The highest BCUT2D eigenvalue weighted by Gasteiger charge is 2.13. The molecule has 2 N–H and O–H groups in total. The number of rotatable bonds is 2. The van der Waals surface area contributed by atoms with Crippen molar-refractivity contribution >= 4 is 5.69 Å². The van der Waals surface area contributed by atoms with Gasteiger partial charge in [-0.05, 0) is 25.0 Å². The molecule has 0 bridgehead atoms. The first-order valence-electron chi connectivity index (χ1n) is 5.51. The molecule has 2 nitrogen and oxygen atoms in total. The van der Waals surface area contributed by atoms with Gasteiger partial charge in [-0.2, -0.15) is 0 Å². The fourth-order valence-corrected chi connectivity index (χ4v) is 2.08. The van der Waals surface area contributed by atoms with E-state index in [1.54, 1.807) is 6.07 Å². The molecule has 0 atom stereocenters. The van der Waals surface area contributed by atoms with Gasteiger partial charge in [0.2, 0.25) is 0 Å². The van der Waals surface area contributed by atoms with Crippen LogP contribution in [0.25, 0.3) is 0 Å². The van der Waals surface area contributed by atoms with E-state index in [4.69, 9.17) is 5.11 Å². The molecule has 1 aromatic rings. The number of phenolic OH excluding ortho intramolecular Hbond substituents is 1. The molecule has 2 rings (SSSR count). The summed E-state index contributed by atoms with van der Waals surface area (Å²) < 4.78 is 13.0. The molecule has 1 fully saturated rings. The Hall–Kier alpha value is -1.25. The molecule has 0 saturated heterocycles. The zero-order valence-electron chi connectivity index (χ0n) is 8.67. The molecule has 1 aliphatic rings. The average Bonchev–Trinajstić information content (AvgIpc) is 2.25. The molecular formula is C12H16FNO. The first kappa shape index (κ1) is 10.3. The summed E-state index contributed by atoms with van der Waals surface area (Å²) in [5.74, 6) is -0.847. The minimum absolute atomic E-state index is 0.288. The van der Waals surface area contributed by atoms with Crippen LogP contribution < -0.4 is 5.32 Å². The molecule has 0 unspecified atom stereocenters. The van der Waals surface area contributed by atoms with Crippen molar-refractivity contribution in [1.82, 2.24) is 0 Å². The minimum atomic E-state index is -0.559. The lowest BCUT2D eigenvalue weighted by atomic mass is 9.95. The van der Waals surface area contributed by atoms with E-state index in [1.807, 2.05) is 0 Å². The Balaban J connectivity index is 2.00. The first-order chi connectivity index (χ1) is 7.25. The zero-order chi connectivity index (χ0) is 10.7. The summed E-state index contributed by atoms with van der Waals surface area (Å²) >= 11 is 0. The molecular weight excluding hydrogens is 193 g/mol. The Kier molecular flexibility index (Phi) is 3.09. The number of nitrogens with one attached hydrogen (secondary N) is 1. The SMILES string of the molecule is Oc1ccc(NC2CCCCC2)cc1F. The van der Waals surface area contributed by atoms with Crippen LogP contribution in [0.15, 0.2) is 18.2 Å². The number of benzene rings is 1. The highest BCUT2D eigenvalue weighted by molar-refractivity contribution is 5.47. The molecule has 0 amide bonds. The summed E-state index contributed by atoms with van der Waals surface area (Å²) in [6, 6.07) is 4.92. The van der Waals surface area contributed by atoms with Crippen LogP contribution in [0, 0.1) is 5.82 Å². The second-order valence-electron chi connectivity index (χ2n) is 4.15. The molecule has 82 valence electrons. The summed E-state index contributed by atoms with van der Waals surface area (Å²) in [7, 11) is 0. The van der Waals surface area contributed by atoms with Gasteiger partial charge in [-0.3, -0.25) is 0 Å². The summed E-state index contributed by atoms with van der Waals surface area (Å²) in [5.41, 5.74) is 0.761. The quantitative estimate of drug-likeness (QED) is 0.733. The average molecular weight is 209 g/mol. The summed E-state index contributed by atoms with van der Waals surface area (Å²) in [6.07, 6.45) is 6.11. The predicted octanol–water partition coefficient (Wildman–Crippen LogP) is 3.28.